The Morgan fingerprint density at radius 3 is 2.29 bits per heavy atom. The van der Waals surface area contributed by atoms with Crippen molar-refractivity contribution in [2.45, 2.75) is 39.2 Å². The Labute approximate surface area is 243 Å². The highest BCUT2D eigenvalue weighted by Crippen LogP contribution is 2.34. The summed E-state index contributed by atoms with van der Waals surface area (Å²) in [6, 6.07) is 24.0. The van der Waals surface area contributed by atoms with E-state index in [1.807, 2.05) is 55.6 Å². The van der Waals surface area contributed by atoms with Gasteiger partial charge in [-0.3, -0.25) is 14.5 Å². The third-order valence-electron chi connectivity index (χ3n) is 8.00. The monoisotopic (exact) mass is 549 g/mol. The molecule has 0 radical (unpaired) electrons. The molecule has 1 aliphatic heterocycles. The molecule has 1 saturated heterocycles. The first-order valence-electron chi connectivity index (χ1n) is 14.4. The highest BCUT2D eigenvalue weighted by molar-refractivity contribution is 6.03. The SMILES string of the molecule is CCC(CC)C1CCN(C(C(=O)Nc2ccc(C#N)cc2)c2ccc(/C=C/C(=O)Nc3ccccc3NC)cc2)C1. The average Bonchev–Trinajstić information content (AvgIpc) is 3.47. The molecule has 3 aromatic carbocycles. The summed E-state index contributed by atoms with van der Waals surface area (Å²) in [5.74, 6) is 0.914. The van der Waals surface area contributed by atoms with E-state index in [0.29, 0.717) is 28.8 Å². The van der Waals surface area contributed by atoms with E-state index >= 15 is 0 Å². The Bertz CT molecular complexity index is 1390. The van der Waals surface area contributed by atoms with Gasteiger partial charge in [-0.1, -0.05) is 63.1 Å². The minimum atomic E-state index is -0.440. The predicted octanol–water partition coefficient (Wildman–Crippen LogP) is 6.69. The molecular formula is C34H39N5O2. The van der Waals surface area contributed by atoms with Gasteiger partial charge < -0.3 is 16.0 Å². The molecular weight excluding hydrogens is 510 g/mol. The number of rotatable bonds is 11. The van der Waals surface area contributed by atoms with Gasteiger partial charge in [0.2, 0.25) is 11.8 Å². The van der Waals surface area contributed by atoms with E-state index < -0.39 is 6.04 Å². The van der Waals surface area contributed by atoms with E-state index in [-0.39, 0.29) is 11.8 Å². The van der Waals surface area contributed by atoms with Crippen LogP contribution >= 0.6 is 0 Å². The van der Waals surface area contributed by atoms with E-state index in [4.69, 9.17) is 5.26 Å². The number of benzene rings is 3. The fraction of sp³-hybridized carbons (Fsp3) is 0.324. The summed E-state index contributed by atoms with van der Waals surface area (Å²) in [6.07, 6.45) is 6.65. The highest BCUT2D eigenvalue weighted by Gasteiger charge is 2.35. The van der Waals surface area contributed by atoms with Crippen molar-refractivity contribution in [3.8, 4) is 6.07 Å². The average molecular weight is 550 g/mol. The lowest BCUT2D eigenvalue weighted by atomic mass is 9.87. The van der Waals surface area contributed by atoms with Gasteiger partial charge in [0.1, 0.15) is 6.04 Å². The number of carbonyl (C=O) groups is 2. The first kappa shape index (κ1) is 29.6. The zero-order valence-corrected chi connectivity index (χ0v) is 24.1. The molecule has 0 aliphatic carbocycles. The molecule has 3 aromatic rings. The molecule has 212 valence electrons. The summed E-state index contributed by atoms with van der Waals surface area (Å²) in [6.45, 7) is 6.24. The maximum Gasteiger partial charge on any atom is 0.248 e. The fourth-order valence-corrected chi connectivity index (χ4v) is 5.70. The van der Waals surface area contributed by atoms with Crippen LogP contribution in [-0.2, 0) is 9.59 Å². The van der Waals surface area contributed by atoms with Crippen LogP contribution < -0.4 is 16.0 Å². The van der Waals surface area contributed by atoms with Crippen molar-refractivity contribution < 1.29 is 9.59 Å². The van der Waals surface area contributed by atoms with E-state index in [1.54, 1.807) is 30.3 Å². The van der Waals surface area contributed by atoms with Crippen molar-refractivity contribution in [2.24, 2.45) is 11.8 Å². The van der Waals surface area contributed by atoms with Crippen LogP contribution in [0.4, 0.5) is 17.1 Å². The van der Waals surface area contributed by atoms with Crippen LogP contribution in [0.2, 0.25) is 0 Å². The first-order chi connectivity index (χ1) is 19.9. The van der Waals surface area contributed by atoms with Crippen LogP contribution in [0.3, 0.4) is 0 Å². The van der Waals surface area contributed by atoms with E-state index in [0.717, 1.165) is 49.2 Å². The van der Waals surface area contributed by atoms with Gasteiger partial charge >= 0.3 is 0 Å². The van der Waals surface area contributed by atoms with Crippen molar-refractivity contribution in [1.29, 1.82) is 5.26 Å². The highest BCUT2D eigenvalue weighted by atomic mass is 16.2. The molecule has 0 aromatic heterocycles. The van der Waals surface area contributed by atoms with Crippen molar-refractivity contribution in [3.05, 3.63) is 95.6 Å². The van der Waals surface area contributed by atoms with Gasteiger partial charge in [-0.25, -0.2) is 0 Å². The number of hydrogen-bond acceptors (Lipinski definition) is 5. The second-order valence-corrected chi connectivity index (χ2v) is 10.5. The maximum atomic E-state index is 13.7. The zero-order chi connectivity index (χ0) is 29.2. The lowest BCUT2D eigenvalue weighted by Crippen LogP contribution is -2.36. The van der Waals surface area contributed by atoms with Crippen molar-refractivity contribution in [3.63, 3.8) is 0 Å². The zero-order valence-electron chi connectivity index (χ0n) is 24.1. The standard InChI is InChI=1S/C34H39N5O2/c1-4-26(5-2)28-20-21-39(23-28)33(34(41)37-29-17-12-25(22-35)13-18-29)27-15-10-24(11-16-27)14-19-32(40)38-31-9-7-6-8-30(31)36-3/h6-19,26,28,33,36H,4-5,20-21,23H2,1-3H3,(H,37,41)(H,38,40)/b19-14+. The summed E-state index contributed by atoms with van der Waals surface area (Å²) in [7, 11) is 1.81. The van der Waals surface area contributed by atoms with E-state index in [2.05, 4.69) is 40.8 Å². The molecule has 1 heterocycles. The summed E-state index contributed by atoms with van der Waals surface area (Å²) >= 11 is 0. The molecule has 0 spiro atoms. The summed E-state index contributed by atoms with van der Waals surface area (Å²) in [5.41, 5.74) is 4.56. The molecule has 2 atom stereocenters. The van der Waals surface area contributed by atoms with Gasteiger partial charge in [-0.05, 0) is 78.4 Å². The number of para-hydroxylation sites is 2. The predicted molar refractivity (Wildman–Crippen MR) is 166 cm³/mol. The van der Waals surface area contributed by atoms with Gasteiger partial charge in [0.15, 0.2) is 0 Å². The molecule has 0 saturated carbocycles. The number of amides is 2. The molecule has 7 nitrogen and oxygen atoms in total. The Kier molecular flexibility index (Phi) is 10.3. The smallest absolute Gasteiger partial charge is 0.248 e. The molecule has 4 rings (SSSR count). The summed E-state index contributed by atoms with van der Waals surface area (Å²) < 4.78 is 0. The van der Waals surface area contributed by atoms with Crippen LogP contribution in [0.15, 0.2) is 78.9 Å². The quantitative estimate of drug-likeness (QED) is 0.232. The number of hydrogen-bond donors (Lipinski definition) is 3. The molecule has 2 amide bonds. The molecule has 3 N–H and O–H groups in total. The number of likely N-dealkylation sites (tertiary alicyclic amines) is 1. The number of nitrogens with zero attached hydrogens (tertiary/aromatic N) is 2. The third kappa shape index (κ3) is 7.62. The molecule has 1 aliphatic rings. The summed E-state index contributed by atoms with van der Waals surface area (Å²) in [4.78, 5) is 28.5. The molecule has 2 unspecified atom stereocenters. The fourth-order valence-electron chi connectivity index (χ4n) is 5.70. The molecule has 1 fully saturated rings. The minimum Gasteiger partial charge on any atom is -0.386 e. The largest absolute Gasteiger partial charge is 0.386 e. The van der Waals surface area contributed by atoms with Crippen molar-refractivity contribution in [1.82, 2.24) is 4.90 Å². The van der Waals surface area contributed by atoms with Crippen molar-refractivity contribution >= 4 is 35.0 Å². The minimum absolute atomic E-state index is 0.0919. The normalized spacial score (nSPS) is 15.9. The molecule has 7 heteroatoms. The number of carbonyl (C=O) groups excluding carboxylic acids is 2. The Hall–Kier alpha value is -4.41. The first-order valence-corrected chi connectivity index (χ1v) is 14.4. The lowest BCUT2D eigenvalue weighted by molar-refractivity contribution is -0.121. The molecule has 41 heavy (non-hydrogen) atoms. The van der Waals surface area contributed by atoms with Crippen LogP contribution in [0.25, 0.3) is 6.08 Å². The van der Waals surface area contributed by atoms with Gasteiger partial charge in [0, 0.05) is 25.4 Å². The number of anilines is 3. The third-order valence-corrected chi connectivity index (χ3v) is 8.00. The summed E-state index contributed by atoms with van der Waals surface area (Å²) in [5, 5.41) is 18.1. The van der Waals surface area contributed by atoms with E-state index in [1.165, 1.54) is 6.08 Å². The lowest BCUT2D eigenvalue weighted by Gasteiger charge is -2.28. The van der Waals surface area contributed by atoms with Gasteiger partial charge in [0.25, 0.3) is 0 Å². The maximum absolute atomic E-state index is 13.7. The van der Waals surface area contributed by atoms with Crippen LogP contribution in [0.1, 0.15) is 55.8 Å². The molecule has 0 bridgehead atoms. The Balaban J connectivity index is 1.51. The van der Waals surface area contributed by atoms with E-state index in [9.17, 15) is 9.59 Å². The van der Waals surface area contributed by atoms with Gasteiger partial charge in [-0.2, -0.15) is 5.26 Å². The van der Waals surface area contributed by atoms with Gasteiger partial charge in [-0.15, -0.1) is 0 Å². The Morgan fingerprint density at radius 1 is 0.976 bits per heavy atom. The number of nitrogens with one attached hydrogen (secondary N) is 3. The second-order valence-electron chi connectivity index (χ2n) is 10.5. The van der Waals surface area contributed by atoms with Crippen LogP contribution in [0, 0.1) is 23.2 Å². The second kappa shape index (κ2) is 14.3. The number of nitriles is 1. The van der Waals surface area contributed by atoms with Crippen LogP contribution in [0.5, 0.6) is 0 Å². The van der Waals surface area contributed by atoms with Crippen LogP contribution in [-0.4, -0.2) is 36.9 Å². The topological polar surface area (TPSA) is 97.3 Å². The van der Waals surface area contributed by atoms with Gasteiger partial charge in [0.05, 0.1) is 23.0 Å². The Morgan fingerprint density at radius 2 is 1.66 bits per heavy atom. The van der Waals surface area contributed by atoms with Crippen molar-refractivity contribution in [2.75, 3.05) is 36.1 Å².